The summed E-state index contributed by atoms with van der Waals surface area (Å²) in [7, 11) is -3.93. The Labute approximate surface area is 258 Å². The lowest BCUT2D eigenvalue weighted by Crippen LogP contribution is -2.55. The van der Waals surface area contributed by atoms with Crippen LogP contribution in [0.5, 0.6) is 0 Å². The molecule has 42 heavy (non-hydrogen) atoms. The average Bonchev–Trinajstić information content (AvgIpc) is 2.94. The van der Waals surface area contributed by atoms with E-state index in [9.17, 15) is 18.0 Å². The first-order chi connectivity index (χ1) is 20.0. The van der Waals surface area contributed by atoms with E-state index in [4.69, 9.17) is 23.2 Å². The number of benzene rings is 3. The van der Waals surface area contributed by atoms with E-state index in [0.29, 0.717) is 5.02 Å². The van der Waals surface area contributed by atoms with Crippen molar-refractivity contribution in [3.8, 4) is 0 Å². The van der Waals surface area contributed by atoms with Crippen molar-refractivity contribution in [3.05, 3.63) is 99.5 Å². The Kier molecular flexibility index (Phi) is 10.9. The van der Waals surface area contributed by atoms with Crippen molar-refractivity contribution in [3.63, 3.8) is 0 Å². The van der Waals surface area contributed by atoms with Gasteiger partial charge in [-0.3, -0.25) is 13.9 Å². The minimum Gasteiger partial charge on any atom is -0.352 e. The van der Waals surface area contributed by atoms with E-state index >= 15 is 0 Å². The van der Waals surface area contributed by atoms with Crippen molar-refractivity contribution in [1.82, 2.24) is 10.2 Å². The molecule has 2 amide bonds. The van der Waals surface area contributed by atoms with Gasteiger partial charge in [0.15, 0.2) is 0 Å². The molecule has 1 atom stereocenters. The lowest BCUT2D eigenvalue weighted by Gasteiger charge is -2.35. The van der Waals surface area contributed by atoms with Gasteiger partial charge in [-0.25, -0.2) is 8.42 Å². The van der Waals surface area contributed by atoms with E-state index in [1.165, 1.54) is 23.1 Å². The third-order valence-corrected chi connectivity index (χ3v) is 9.18. The topological polar surface area (TPSA) is 86.8 Å². The zero-order chi connectivity index (χ0) is 30.3. The molecule has 224 valence electrons. The number of nitrogens with one attached hydrogen (secondary N) is 1. The van der Waals surface area contributed by atoms with Gasteiger partial charge in [0.2, 0.25) is 21.8 Å². The smallest absolute Gasteiger partial charge is 0.244 e. The molecule has 1 N–H and O–H groups in total. The van der Waals surface area contributed by atoms with Gasteiger partial charge in [0.25, 0.3) is 0 Å². The Bertz CT molecular complexity index is 1490. The summed E-state index contributed by atoms with van der Waals surface area (Å²) in [6.07, 6.45) is 6.33. The maximum Gasteiger partial charge on any atom is 0.244 e. The quantitative estimate of drug-likeness (QED) is 0.275. The number of nitrogens with zero attached hydrogens (tertiary/aromatic N) is 2. The number of aryl methyl sites for hydroxylation is 1. The molecule has 0 unspecified atom stereocenters. The van der Waals surface area contributed by atoms with Crippen molar-refractivity contribution in [2.75, 3.05) is 17.1 Å². The number of rotatable bonds is 11. The zero-order valence-corrected chi connectivity index (χ0v) is 26.3. The Hall–Kier alpha value is -3.07. The van der Waals surface area contributed by atoms with E-state index < -0.39 is 28.5 Å². The molecule has 10 heteroatoms. The molecule has 3 aromatic carbocycles. The molecular formula is C32H37Cl2N3O4S. The molecule has 1 aliphatic carbocycles. The van der Waals surface area contributed by atoms with Crippen LogP contribution in [0.3, 0.4) is 0 Å². The van der Waals surface area contributed by atoms with Crippen LogP contribution < -0.4 is 9.62 Å². The highest BCUT2D eigenvalue weighted by molar-refractivity contribution is 7.92. The molecule has 7 nitrogen and oxygen atoms in total. The predicted molar refractivity (Wildman–Crippen MR) is 169 cm³/mol. The van der Waals surface area contributed by atoms with Gasteiger partial charge in [-0.1, -0.05) is 103 Å². The number of halogens is 2. The summed E-state index contributed by atoms with van der Waals surface area (Å²) >= 11 is 12.4. The number of carbonyl (C=O) groups excluding carboxylic acids is 2. The summed E-state index contributed by atoms with van der Waals surface area (Å²) in [6.45, 7) is 1.55. The van der Waals surface area contributed by atoms with Gasteiger partial charge in [-0.2, -0.15) is 0 Å². The minimum atomic E-state index is -3.93. The minimum absolute atomic E-state index is 0.0424. The fourth-order valence-electron chi connectivity index (χ4n) is 5.38. The molecule has 0 aromatic heterocycles. The number of sulfonamides is 1. The maximum atomic E-state index is 14.2. The molecule has 1 fully saturated rings. The van der Waals surface area contributed by atoms with Gasteiger partial charge in [0.05, 0.1) is 17.0 Å². The SMILES string of the molecule is Cc1cccc(CN(C(=O)CN(c2ccc(Cl)cc2Cl)S(C)(=O)=O)[C@H](Cc2ccccc2)C(=O)NC2CCCCC2)c1. The van der Waals surface area contributed by atoms with E-state index in [1.807, 2.05) is 61.5 Å². The van der Waals surface area contributed by atoms with Crippen LogP contribution in [0.4, 0.5) is 5.69 Å². The molecular weight excluding hydrogens is 593 g/mol. The van der Waals surface area contributed by atoms with Crippen LogP contribution in [0.25, 0.3) is 0 Å². The van der Waals surface area contributed by atoms with Crippen LogP contribution >= 0.6 is 23.2 Å². The standard InChI is InChI=1S/C32H37Cl2N3O4S/c1-23-10-9-13-25(18-23)21-36(31(38)22-37(42(2,40)41)29-17-16-26(33)20-28(29)34)30(19-24-11-5-3-6-12-24)32(39)35-27-14-7-4-8-15-27/h3,5-6,9-13,16-18,20,27,30H,4,7-8,14-15,19,21-22H2,1-2H3,(H,35,39)/t30-/m1/s1. The number of hydrogen-bond acceptors (Lipinski definition) is 4. The summed E-state index contributed by atoms with van der Waals surface area (Å²) in [5.41, 5.74) is 2.88. The van der Waals surface area contributed by atoms with Crippen LogP contribution in [0, 0.1) is 6.92 Å². The fourth-order valence-corrected chi connectivity index (χ4v) is 6.81. The Morgan fingerprint density at radius 3 is 2.26 bits per heavy atom. The first-order valence-corrected chi connectivity index (χ1v) is 16.7. The van der Waals surface area contributed by atoms with Crippen molar-refractivity contribution >= 4 is 50.7 Å². The van der Waals surface area contributed by atoms with Crippen molar-refractivity contribution < 1.29 is 18.0 Å². The first kappa shape index (κ1) is 31.9. The van der Waals surface area contributed by atoms with Gasteiger partial charge >= 0.3 is 0 Å². The van der Waals surface area contributed by atoms with Crippen molar-refractivity contribution in [2.24, 2.45) is 0 Å². The van der Waals surface area contributed by atoms with E-state index in [1.54, 1.807) is 0 Å². The third-order valence-electron chi connectivity index (χ3n) is 7.52. The third kappa shape index (κ3) is 8.72. The largest absolute Gasteiger partial charge is 0.352 e. The molecule has 0 spiro atoms. The van der Waals surface area contributed by atoms with E-state index in [0.717, 1.165) is 59.4 Å². The highest BCUT2D eigenvalue weighted by Crippen LogP contribution is 2.31. The van der Waals surface area contributed by atoms with Gasteiger partial charge in [-0.15, -0.1) is 0 Å². The summed E-state index contributed by atoms with van der Waals surface area (Å²) in [5.74, 6) is -0.769. The number of hydrogen-bond donors (Lipinski definition) is 1. The van der Waals surface area contributed by atoms with Crippen molar-refractivity contribution in [2.45, 2.75) is 64.1 Å². The average molecular weight is 631 g/mol. The second-order valence-electron chi connectivity index (χ2n) is 10.9. The summed E-state index contributed by atoms with van der Waals surface area (Å²) < 4.78 is 26.9. The van der Waals surface area contributed by atoms with Crippen LogP contribution in [0.2, 0.25) is 10.0 Å². The van der Waals surface area contributed by atoms with Crippen LogP contribution in [0.1, 0.15) is 48.8 Å². The fraction of sp³-hybridized carbons (Fsp3) is 0.375. The van der Waals surface area contributed by atoms with Gasteiger partial charge in [0.1, 0.15) is 12.6 Å². The molecule has 4 rings (SSSR count). The molecule has 0 heterocycles. The molecule has 0 bridgehead atoms. The number of anilines is 1. The van der Waals surface area contributed by atoms with Crippen LogP contribution in [-0.2, 0) is 32.6 Å². The second-order valence-corrected chi connectivity index (χ2v) is 13.7. The maximum absolute atomic E-state index is 14.2. The predicted octanol–water partition coefficient (Wildman–Crippen LogP) is 6.16. The van der Waals surface area contributed by atoms with Gasteiger partial charge in [-0.05, 0) is 49.1 Å². The normalized spacial score (nSPS) is 14.7. The summed E-state index contributed by atoms with van der Waals surface area (Å²) in [4.78, 5) is 29.7. The van der Waals surface area contributed by atoms with Crippen LogP contribution in [-0.4, -0.2) is 50.0 Å². The molecule has 0 aliphatic heterocycles. The summed E-state index contributed by atoms with van der Waals surface area (Å²) in [6, 6.07) is 20.9. The molecule has 0 radical (unpaired) electrons. The number of amides is 2. The van der Waals surface area contributed by atoms with Crippen molar-refractivity contribution in [1.29, 1.82) is 0 Å². The molecule has 1 saturated carbocycles. The molecule has 1 aliphatic rings. The monoisotopic (exact) mass is 629 g/mol. The Morgan fingerprint density at radius 2 is 1.62 bits per heavy atom. The van der Waals surface area contributed by atoms with E-state index in [2.05, 4.69) is 5.32 Å². The summed E-state index contributed by atoms with van der Waals surface area (Å²) in [5, 5.41) is 3.64. The Morgan fingerprint density at radius 1 is 0.929 bits per heavy atom. The lowest BCUT2D eigenvalue weighted by molar-refractivity contribution is -0.140. The van der Waals surface area contributed by atoms with E-state index in [-0.39, 0.29) is 35.6 Å². The van der Waals surface area contributed by atoms with Gasteiger partial charge < -0.3 is 10.2 Å². The first-order valence-electron chi connectivity index (χ1n) is 14.1. The van der Waals surface area contributed by atoms with Crippen LogP contribution in [0.15, 0.2) is 72.8 Å². The highest BCUT2D eigenvalue weighted by Gasteiger charge is 2.34. The number of carbonyl (C=O) groups is 2. The molecule has 0 saturated heterocycles. The zero-order valence-electron chi connectivity index (χ0n) is 23.9. The Balaban J connectivity index is 1.74. The second kappa shape index (κ2) is 14.4. The molecule has 3 aromatic rings. The lowest BCUT2D eigenvalue weighted by atomic mass is 9.94. The van der Waals surface area contributed by atoms with Gasteiger partial charge in [0, 0.05) is 24.0 Å². The highest BCUT2D eigenvalue weighted by atomic mass is 35.5.